The number of hydrogen-bond acceptors (Lipinski definition) is 5. The summed E-state index contributed by atoms with van der Waals surface area (Å²) in [6, 6.07) is 1.80. The monoisotopic (exact) mass is 248 g/mol. The number of hydrogen-bond donors (Lipinski definition) is 1. The average Bonchev–Trinajstić information content (AvgIpc) is 2.94. The van der Waals surface area contributed by atoms with Crippen LogP contribution in [-0.4, -0.2) is 31.2 Å². The van der Waals surface area contributed by atoms with Crippen LogP contribution in [0, 0.1) is 6.92 Å². The third-order valence-electron chi connectivity index (χ3n) is 2.93. The fraction of sp³-hybridized carbons (Fsp3) is 0.455. The molecule has 2 heterocycles. The zero-order chi connectivity index (χ0) is 12.7. The fourth-order valence-electron chi connectivity index (χ4n) is 2.00. The van der Waals surface area contributed by atoms with Crippen molar-refractivity contribution in [2.45, 2.75) is 32.2 Å². The minimum atomic E-state index is -1.03. The van der Waals surface area contributed by atoms with Gasteiger partial charge in [-0.1, -0.05) is 10.4 Å². The first-order chi connectivity index (χ1) is 8.65. The van der Waals surface area contributed by atoms with E-state index in [2.05, 4.69) is 15.5 Å². The van der Waals surface area contributed by atoms with Crippen molar-refractivity contribution in [3.63, 3.8) is 0 Å². The Morgan fingerprint density at radius 2 is 2.39 bits per heavy atom. The molecule has 0 saturated heterocycles. The Bertz CT molecular complexity index is 597. The molecule has 0 aliphatic heterocycles. The molecule has 7 heteroatoms. The van der Waals surface area contributed by atoms with Crippen molar-refractivity contribution in [3.8, 4) is 0 Å². The third-order valence-corrected chi connectivity index (χ3v) is 2.93. The van der Waals surface area contributed by atoms with Gasteiger partial charge in [-0.3, -0.25) is 0 Å². The topological polar surface area (TPSA) is 94.0 Å². The molecule has 1 fully saturated rings. The van der Waals surface area contributed by atoms with E-state index in [4.69, 9.17) is 9.63 Å². The predicted molar refractivity (Wildman–Crippen MR) is 59.3 cm³/mol. The lowest BCUT2D eigenvalue weighted by molar-refractivity contribution is 0.0689. The number of carbonyl (C=O) groups is 1. The van der Waals surface area contributed by atoms with E-state index in [0.29, 0.717) is 12.2 Å². The Kier molecular flexibility index (Phi) is 2.39. The van der Waals surface area contributed by atoms with Gasteiger partial charge in [0.2, 0.25) is 0 Å². The van der Waals surface area contributed by atoms with E-state index >= 15 is 0 Å². The quantitative estimate of drug-likeness (QED) is 0.873. The lowest BCUT2D eigenvalue weighted by atomic mass is 10.2. The third kappa shape index (κ3) is 1.87. The molecule has 94 valence electrons. The smallest absolute Gasteiger partial charge is 0.358 e. The molecule has 3 rings (SSSR count). The van der Waals surface area contributed by atoms with Crippen LogP contribution in [0.25, 0.3) is 0 Å². The molecule has 7 nitrogen and oxygen atoms in total. The first kappa shape index (κ1) is 10.9. The second-order valence-corrected chi connectivity index (χ2v) is 4.49. The van der Waals surface area contributed by atoms with E-state index in [1.54, 1.807) is 10.7 Å². The molecule has 0 spiro atoms. The maximum absolute atomic E-state index is 11.1. The molecule has 0 unspecified atom stereocenters. The second kappa shape index (κ2) is 3.94. The van der Waals surface area contributed by atoms with Crippen LogP contribution in [-0.2, 0) is 6.54 Å². The van der Waals surface area contributed by atoms with Gasteiger partial charge in [-0.2, -0.15) is 0 Å². The molecule has 1 aliphatic carbocycles. The Morgan fingerprint density at radius 1 is 1.61 bits per heavy atom. The van der Waals surface area contributed by atoms with Crippen molar-refractivity contribution in [1.29, 1.82) is 0 Å². The number of nitrogens with zero attached hydrogens (tertiary/aromatic N) is 4. The highest BCUT2D eigenvalue weighted by Crippen LogP contribution is 2.41. The van der Waals surface area contributed by atoms with Crippen molar-refractivity contribution in [3.05, 3.63) is 28.9 Å². The molecule has 1 saturated carbocycles. The van der Waals surface area contributed by atoms with Crippen LogP contribution in [0.2, 0.25) is 0 Å². The van der Waals surface area contributed by atoms with Crippen molar-refractivity contribution in [2.24, 2.45) is 0 Å². The fourth-order valence-corrected chi connectivity index (χ4v) is 2.00. The molecule has 2 aromatic rings. The Hall–Kier alpha value is -2.18. The molecule has 1 aliphatic rings. The summed E-state index contributed by atoms with van der Waals surface area (Å²) in [4.78, 5) is 11.1. The van der Waals surface area contributed by atoms with Gasteiger partial charge >= 0.3 is 5.97 Å². The number of aromatic carboxylic acids is 1. The van der Waals surface area contributed by atoms with E-state index in [1.165, 1.54) is 0 Å². The summed E-state index contributed by atoms with van der Waals surface area (Å²) in [5.74, 6) is -0.0462. The molecular formula is C11H12N4O3. The number of carboxylic acids is 1. The number of aromatic nitrogens is 4. The first-order valence-electron chi connectivity index (χ1n) is 5.74. The van der Waals surface area contributed by atoms with Gasteiger partial charge in [0.15, 0.2) is 5.69 Å². The summed E-state index contributed by atoms with van der Waals surface area (Å²) in [7, 11) is 0. The largest absolute Gasteiger partial charge is 0.476 e. The van der Waals surface area contributed by atoms with Crippen LogP contribution < -0.4 is 0 Å². The Labute approximate surface area is 102 Å². The van der Waals surface area contributed by atoms with Crippen LogP contribution in [0.3, 0.4) is 0 Å². The highest BCUT2D eigenvalue weighted by molar-refractivity contribution is 5.86. The van der Waals surface area contributed by atoms with E-state index in [-0.39, 0.29) is 11.6 Å². The van der Waals surface area contributed by atoms with Gasteiger partial charge in [-0.15, -0.1) is 5.10 Å². The van der Waals surface area contributed by atoms with Crippen LogP contribution in [0.15, 0.2) is 10.6 Å². The number of aryl methyl sites for hydroxylation is 1. The standard InChI is InChI=1S/C11H12N4O3/c1-6-4-8(13-18-6)5-15-10(7-2-3-7)9(11(16)17)12-14-15/h4,7H,2-3,5H2,1H3,(H,16,17). The highest BCUT2D eigenvalue weighted by Gasteiger charge is 2.33. The van der Waals surface area contributed by atoms with E-state index in [9.17, 15) is 4.79 Å². The molecule has 2 aromatic heterocycles. The lowest BCUT2D eigenvalue weighted by Gasteiger charge is -2.02. The van der Waals surface area contributed by atoms with Crippen molar-refractivity contribution in [2.75, 3.05) is 0 Å². The van der Waals surface area contributed by atoms with Gasteiger partial charge in [-0.05, 0) is 19.8 Å². The molecule has 0 bridgehead atoms. The molecule has 0 amide bonds. The van der Waals surface area contributed by atoms with Crippen molar-refractivity contribution in [1.82, 2.24) is 20.2 Å². The number of rotatable bonds is 4. The maximum atomic E-state index is 11.1. The molecule has 0 radical (unpaired) electrons. The van der Waals surface area contributed by atoms with Crippen molar-refractivity contribution >= 4 is 5.97 Å². The summed E-state index contributed by atoms with van der Waals surface area (Å²) in [6.07, 6.45) is 1.98. The zero-order valence-corrected chi connectivity index (χ0v) is 9.83. The van der Waals surface area contributed by atoms with Gasteiger partial charge in [0.25, 0.3) is 0 Å². The highest BCUT2D eigenvalue weighted by atomic mass is 16.5. The summed E-state index contributed by atoms with van der Waals surface area (Å²) in [5.41, 5.74) is 1.47. The maximum Gasteiger partial charge on any atom is 0.358 e. The van der Waals surface area contributed by atoms with Crippen LogP contribution in [0.4, 0.5) is 0 Å². The van der Waals surface area contributed by atoms with E-state index in [0.717, 1.165) is 24.3 Å². The molecule has 0 aromatic carbocycles. The SMILES string of the molecule is Cc1cc(Cn2nnc(C(=O)O)c2C2CC2)no1. The lowest BCUT2D eigenvalue weighted by Crippen LogP contribution is -2.08. The molecule has 1 N–H and O–H groups in total. The number of carboxylic acid groups (broad SMARTS) is 1. The predicted octanol–water partition coefficient (Wildman–Crippen LogP) is 1.20. The molecule has 18 heavy (non-hydrogen) atoms. The summed E-state index contributed by atoms with van der Waals surface area (Å²) >= 11 is 0. The Morgan fingerprint density at radius 3 is 2.94 bits per heavy atom. The first-order valence-corrected chi connectivity index (χ1v) is 5.74. The van der Waals surface area contributed by atoms with E-state index < -0.39 is 5.97 Å². The minimum Gasteiger partial charge on any atom is -0.476 e. The average molecular weight is 248 g/mol. The molecular weight excluding hydrogens is 236 g/mol. The van der Waals surface area contributed by atoms with Crippen LogP contribution in [0.5, 0.6) is 0 Å². The van der Waals surface area contributed by atoms with Gasteiger partial charge in [0.1, 0.15) is 11.5 Å². The molecule has 0 atom stereocenters. The van der Waals surface area contributed by atoms with E-state index in [1.807, 2.05) is 6.92 Å². The normalized spacial score (nSPS) is 14.9. The van der Waals surface area contributed by atoms with Gasteiger partial charge in [-0.25, -0.2) is 9.48 Å². The zero-order valence-electron chi connectivity index (χ0n) is 9.83. The van der Waals surface area contributed by atoms with Gasteiger partial charge < -0.3 is 9.63 Å². The van der Waals surface area contributed by atoms with Crippen LogP contribution >= 0.6 is 0 Å². The van der Waals surface area contributed by atoms with Crippen molar-refractivity contribution < 1.29 is 14.4 Å². The van der Waals surface area contributed by atoms with Gasteiger partial charge in [0.05, 0.1) is 12.2 Å². The summed E-state index contributed by atoms with van der Waals surface area (Å²) in [5, 5.41) is 20.6. The van der Waals surface area contributed by atoms with Crippen LogP contribution in [0.1, 0.15) is 46.4 Å². The Balaban J connectivity index is 1.94. The second-order valence-electron chi connectivity index (χ2n) is 4.49. The van der Waals surface area contributed by atoms with Gasteiger partial charge in [0, 0.05) is 12.0 Å². The summed E-state index contributed by atoms with van der Waals surface area (Å²) in [6.45, 7) is 2.20. The summed E-state index contributed by atoms with van der Waals surface area (Å²) < 4.78 is 6.59. The minimum absolute atomic E-state index is 0.0534.